The summed E-state index contributed by atoms with van der Waals surface area (Å²) < 4.78 is 6.89. The Morgan fingerprint density at radius 1 is 1.54 bits per heavy atom. The summed E-state index contributed by atoms with van der Waals surface area (Å²) in [6.07, 6.45) is 5.76. The minimum atomic E-state index is -0.875. The molecule has 1 atom stereocenters. The number of thioether (sulfide) groups is 1. The molecule has 0 aliphatic carbocycles. The van der Waals surface area contributed by atoms with Crippen molar-refractivity contribution >= 4 is 17.7 Å². The Morgan fingerprint density at radius 2 is 2.42 bits per heavy atom. The number of piperidine rings is 1. The normalized spacial score (nSPS) is 18.8. The number of hydrogen-bond acceptors (Lipinski definition) is 7. The summed E-state index contributed by atoms with van der Waals surface area (Å²) in [5, 5.41) is 17.1. The molecule has 0 spiro atoms. The van der Waals surface area contributed by atoms with Crippen LogP contribution >= 0.6 is 11.8 Å². The molecule has 2 aromatic heterocycles. The fourth-order valence-electron chi connectivity index (χ4n) is 3.12. The van der Waals surface area contributed by atoms with Crippen LogP contribution < -0.4 is 0 Å². The molecule has 1 saturated heterocycles. The first kappa shape index (κ1) is 17.0. The van der Waals surface area contributed by atoms with Crippen molar-refractivity contribution in [2.75, 3.05) is 19.3 Å². The highest BCUT2D eigenvalue weighted by atomic mass is 32.2. The molecule has 0 saturated carbocycles. The second-order valence-corrected chi connectivity index (χ2v) is 6.79. The fourth-order valence-corrected chi connectivity index (χ4v) is 3.50. The first-order valence-corrected chi connectivity index (χ1v) is 9.31. The number of carboxylic acid groups (broad SMARTS) is 1. The van der Waals surface area contributed by atoms with Gasteiger partial charge in [-0.1, -0.05) is 5.16 Å². The topological polar surface area (TPSA) is 97.3 Å². The number of rotatable bonds is 7. The molecule has 1 aliphatic heterocycles. The first-order chi connectivity index (χ1) is 11.7. The quantitative estimate of drug-likeness (QED) is 0.803. The standard InChI is InChI=1S/C15H21N5O3S/c1-24-10-13-17-14(23-18-13)8-19-6-2-3-11(7-19)12-4-5-16-20(12)9-15(21)22/h4-5,11H,2-3,6-10H2,1H3,(H,21,22)/t11-/m0/s1. The van der Waals surface area contributed by atoms with E-state index in [1.807, 2.05) is 12.3 Å². The van der Waals surface area contributed by atoms with E-state index in [-0.39, 0.29) is 12.5 Å². The molecule has 1 aliphatic rings. The lowest BCUT2D eigenvalue weighted by atomic mass is 9.94. The second-order valence-electron chi connectivity index (χ2n) is 5.92. The Balaban J connectivity index is 1.63. The van der Waals surface area contributed by atoms with E-state index in [9.17, 15) is 4.79 Å². The maximum Gasteiger partial charge on any atom is 0.325 e. The SMILES string of the molecule is CSCc1noc(CN2CCC[C@H](c3ccnn3CC(=O)O)C2)n1. The Morgan fingerprint density at radius 3 is 3.21 bits per heavy atom. The molecule has 1 fully saturated rings. The maximum absolute atomic E-state index is 11.0. The third-order valence-electron chi connectivity index (χ3n) is 4.10. The van der Waals surface area contributed by atoms with E-state index in [0.717, 1.165) is 43.2 Å². The first-order valence-electron chi connectivity index (χ1n) is 7.92. The molecular weight excluding hydrogens is 330 g/mol. The number of hydrogen-bond donors (Lipinski definition) is 1. The van der Waals surface area contributed by atoms with Crippen LogP contribution in [0.4, 0.5) is 0 Å². The summed E-state index contributed by atoms with van der Waals surface area (Å²) in [5.41, 5.74) is 0.982. The van der Waals surface area contributed by atoms with Crippen LogP contribution in [0.3, 0.4) is 0 Å². The van der Waals surface area contributed by atoms with E-state index in [1.165, 1.54) is 0 Å². The monoisotopic (exact) mass is 351 g/mol. The van der Waals surface area contributed by atoms with Crippen LogP contribution in [-0.2, 0) is 23.6 Å². The van der Waals surface area contributed by atoms with Gasteiger partial charge in [-0.2, -0.15) is 21.8 Å². The Hall–Kier alpha value is -1.87. The van der Waals surface area contributed by atoms with Crippen molar-refractivity contribution in [3.05, 3.63) is 29.7 Å². The highest BCUT2D eigenvalue weighted by Gasteiger charge is 2.25. The fraction of sp³-hybridized carbons (Fsp3) is 0.600. The van der Waals surface area contributed by atoms with Crippen LogP contribution in [-0.4, -0.2) is 55.2 Å². The lowest BCUT2D eigenvalue weighted by Gasteiger charge is -2.31. The lowest BCUT2D eigenvalue weighted by Crippen LogP contribution is -2.35. The summed E-state index contributed by atoms with van der Waals surface area (Å²) in [5.74, 6) is 1.51. The molecule has 0 amide bonds. The van der Waals surface area contributed by atoms with Gasteiger partial charge in [-0.25, -0.2) is 0 Å². The van der Waals surface area contributed by atoms with Crippen LogP contribution in [0.25, 0.3) is 0 Å². The van der Waals surface area contributed by atoms with Crippen molar-refractivity contribution in [2.24, 2.45) is 0 Å². The van der Waals surface area contributed by atoms with Crippen molar-refractivity contribution in [3.63, 3.8) is 0 Å². The molecule has 3 heterocycles. The third-order valence-corrected chi connectivity index (χ3v) is 4.65. The van der Waals surface area contributed by atoms with E-state index in [1.54, 1.807) is 22.6 Å². The van der Waals surface area contributed by atoms with Gasteiger partial charge in [0.2, 0.25) is 5.89 Å². The number of aliphatic carboxylic acids is 1. The summed E-state index contributed by atoms with van der Waals surface area (Å²) in [4.78, 5) is 17.6. The Labute approximate surface area is 144 Å². The second kappa shape index (κ2) is 7.80. The number of likely N-dealkylation sites (tertiary alicyclic amines) is 1. The Bertz CT molecular complexity index is 686. The summed E-state index contributed by atoms with van der Waals surface area (Å²) in [6, 6.07) is 1.92. The van der Waals surface area contributed by atoms with Crippen LogP contribution in [0.1, 0.15) is 36.2 Å². The summed E-state index contributed by atoms with van der Waals surface area (Å²) in [6.45, 7) is 2.35. The van der Waals surface area contributed by atoms with Gasteiger partial charge < -0.3 is 9.63 Å². The van der Waals surface area contributed by atoms with E-state index in [0.29, 0.717) is 12.4 Å². The van der Waals surface area contributed by atoms with Gasteiger partial charge in [0.25, 0.3) is 0 Å². The number of nitrogens with zero attached hydrogens (tertiary/aromatic N) is 5. The molecule has 3 rings (SSSR count). The summed E-state index contributed by atoms with van der Waals surface area (Å²) >= 11 is 1.66. The number of aromatic nitrogens is 4. The number of carboxylic acids is 1. The van der Waals surface area contributed by atoms with Crippen LogP contribution in [0.15, 0.2) is 16.8 Å². The molecule has 0 aromatic carbocycles. The zero-order valence-electron chi connectivity index (χ0n) is 13.6. The smallest absolute Gasteiger partial charge is 0.325 e. The minimum Gasteiger partial charge on any atom is -0.480 e. The van der Waals surface area contributed by atoms with Crippen LogP contribution in [0.5, 0.6) is 0 Å². The van der Waals surface area contributed by atoms with E-state index in [2.05, 4.69) is 20.1 Å². The van der Waals surface area contributed by atoms with Gasteiger partial charge in [0.05, 0.1) is 12.3 Å². The van der Waals surface area contributed by atoms with Gasteiger partial charge in [0.1, 0.15) is 6.54 Å². The van der Waals surface area contributed by atoms with Crippen molar-refractivity contribution < 1.29 is 14.4 Å². The largest absolute Gasteiger partial charge is 0.480 e. The predicted molar refractivity (Wildman–Crippen MR) is 88.6 cm³/mol. The van der Waals surface area contributed by atoms with E-state index in [4.69, 9.17) is 9.63 Å². The predicted octanol–water partition coefficient (Wildman–Crippen LogP) is 1.59. The molecule has 24 heavy (non-hydrogen) atoms. The third kappa shape index (κ3) is 4.15. The molecule has 0 unspecified atom stereocenters. The zero-order chi connectivity index (χ0) is 16.9. The van der Waals surface area contributed by atoms with Crippen molar-refractivity contribution in [3.8, 4) is 0 Å². The molecular formula is C15H21N5O3S. The molecule has 2 aromatic rings. The van der Waals surface area contributed by atoms with Crippen LogP contribution in [0, 0.1) is 0 Å². The van der Waals surface area contributed by atoms with Gasteiger partial charge in [-0.05, 0) is 31.7 Å². The molecule has 8 nitrogen and oxygen atoms in total. The van der Waals surface area contributed by atoms with Gasteiger partial charge >= 0.3 is 5.97 Å². The van der Waals surface area contributed by atoms with Crippen molar-refractivity contribution in [2.45, 2.75) is 37.6 Å². The van der Waals surface area contributed by atoms with Crippen molar-refractivity contribution in [1.29, 1.82) is 0 Å². The molecule has 9 heteroatoms. The van der Waals surface area contributed by atoms with E-state index < -0.39 is 5.97 Å². The van der Waals surface area contributed by atoms with Crippen LogP contribution in [0.2, 0.25) is 0 Å². The molecule has 1 N–H and O–H groups in total. The number of carbonyl (C=O) groups is 1. The average Bonchev–Trinajstić information content (AvgIpc) is 3.17. The van der Waals surface area contributed by atoms with Gasteiger partial charge in [0, 0.05) is 24.4 Å². The zero-order valence-corrected chi connectivity index (χ0v) is 14.4. The highest BCUT2D eigenvalue weighted by Crippen LogP contribution is 2.27. The summed E-state index contributed by atoms with van der Waals surface area (Å²) in [7, 11) is 0. The molecule has 0 bridgehead atoms. The Kier molecular flexibility index (Phi) is 5.52. The molecule has 0 radical (unpaired) electrons. The van der Waals surface area contributed by atoms with Gasteiger partial charge in [0.15, 0.2) is 5.82 Å². The minimum absolute atomic E-state index is 0.0967. The highest BCUT2D eigenvalue weighted by molar-refractivity contribution is 7.97. The van der Waals surface area contributed by atoms with Gasteiger partial charge in [-0.15, -0.1) is 0 Å². The molecule has 130 valence electrons. The van der Waals surface area contributed by atoms with Gasteiger partial charge in [-0.3, -0.25) is 14.4 Å². The van der Waals surface area contributed by atoms with Crippen molar-refractivity contribution in [1.82, 2.24) is 24.8 Å². The lowest BCUT2D eigenvalue weighted by molar-refractivity contribution is -0.137. The maximum atomic E-state index is 11.0. The average molecular weight is 351 g/mol. The van der Waals surface area contributed by atoms with E-state index >= 15 is 0 Å².